The van der Waals surface area contributed by atoms with E-state index in [1.54, 1.807) is 0 Å². The van der Waals surface area contributed by atoms with E-state index in [0.29, 0.717) is 13.2 Å². The molecule has 146 valence electrons. The van der Waals surface area contributed by atoms with Crippen molar-refractivity contribution in [1.82, 2.24) is 14.7 Å². The zero-order chi connectivity index (χ0) is 19.1. The number of piperidine rings is 1. The third-order valence-corrected chi connectivity index (χ3v) is 5.52. The molecule has 2 heterocycles. The van der Waals surface area contributed by atoms with Crippen molar-refractivity contribution in [3.63, 3.8) is 0 Å². The molecule has 0 spiro atoms. The normalized spacial score (nSPS) is 21.6. The highest BCUT2D eigenvalue weighted by molar-refractivity contribution is 5.82. The van der Waals surface area contributed by atoms with Crippen LogP contribution in [0.25, 0.3) is 0 Å². The fourth-order valence-corrected chi connectivity index (χ4v) is 4.03. The second-order valence-corrected chi connectivity index (χ2v) is 7.36. The van der Waals surface area contributed by atoms with E-state index in [-0.39, 0.29) is 11.9 Å². The van der Waals surface area contributed by atoms with Crippen molar-refractivity contribution in [1.29, 1.82) is 0 Å². The first-order valence-electron chi connectivity index (χ1n) is 10.1. The molecular formula is C22H31N3O2. The number of carbonyl (C=O) groups excluding carboxylic acids is 1. The minimum absolute atomic E-state index is 0.0209. The second-order valence-electron chi connectivity index (χ2n) is 7.36. The lowest BCUT2D eigenvalue weighted by atomic mass is 10.0. The minimum atomic E-state index is -0.0209. The lowest BCUT2D eigenvalue weighted by Gasteiger charge is -2.40. The highest BCUT2D eigenvalue weighted by Gasteiger charge is 2.32. The van der Waals surface area contributed by atoms with Crippen LogP contribution in [-0.4, -0.2) is 72.5 Å². The van der Waals surface area contributed by atoms with E-state index < -0.39 is 0 Å². The van der Waals surface area contributed by atoms with E-state index in [0.717, 1.165) is 64.3 Å². The summed E-state index contributed by atoms with van der Waals surface area (Å²) in [5.41, 5.74) is 1.28. The fourth-order valence-electron chi connectivity index (χ4n) is 4.03. The van der Waals surface area contributed by atoms with Gasteiger partial charge in [0.2, 0.25) is 5.91 Å². The van der Waals surface area contributed by atoms with Crippen LogP contribution in [0, 0.1) is 12.3 Å². The first-order valence-corrected chi connectivity index (χ1v) is 10.1. The summed E-state index contributed by atoms with van der Waals surface area (Å²) in [6, 6.07) is 8.29. The topological polar surface area (TPSA) is 36.0 Å². The summed E-state index contributed by atoms with van der Waals surface area (Å²) in [6.07, 6.45) is 8.68. The van der Waals surface area contributed by atoms with Crippen LogP contribution < -0.4 is 4.74 Å². The minimum Gasteiger partial charge on any atom is -0.494 e. The van der Waals surface area contributed by atoms with E-state index in [1.165, 1.54) is 5.56 Å². The summed E-state index contributed by atoms with van der Waals surface area (Å²) in [5.74, 6) is 3.90. The fraction of sp³-hybridized carbons (Fsp3) is 0.591. The molecule has 2 fully saturated rings. The Morgan fingerprint density at radius 1 is 1.15 bits per heavy atom. The Morgan fingerprint density at radius 3 is 2.56 bits per heavy atom. The molecule has 1 amide bonds. The average molecular weight is 370 g/mol. The highest BCUT2D eigenvalue weighted by Crippen LogP contribution is 2.20. The maximum atomic E-state index is 13.0. The van der Waals surface area contributed by atoms with E-state index in [2.05, 4.69) is 27.9 Å². The molecule has 1 unspecified atom stereocenters. The molecule has 0 aliphatic carbocycles. The Labute approximate surface area is 163 Å². The van der Waals surface area contributed by atoms with Crippen molar-refractivity contribution in [2.45, 2.75) is 38.8 Å². The summed E-state index contributed by atoms with van der Waals surface area (Å²) in [7, 11) is 0. The van der Waals surface area contributed by atoms with E-state index in [4.69, 9.17) is 11.2 Å². The van der Waals surface area contributed by atoms with E-state index in [9.17, 15) is 4.79 Å². The van der Waals surface area contributed by atoms with Crippen LogP contribution in [0.15, 0.2) is 24.3 Å². The molecule has 2 aliphatic heterocycles. The molecule has 1 aromatic carbocycles. The van der Waals surface area contributed by atoms with Crippen molar-refractivity contribution in [2.24, 2.45) is 0 Å². The standard InChI is InChI=1S/C22H31N3O2/c1-3-12-24-13-6-5-7-21(24)22(26)25-16-14-23(15-17-25)18-19-8-10-20(11-9-19)27-4-2/h1,8-11,21H,4-7,12-18H2,2H3. The van der Waals surface area contributed by atoms with Crippen molar-refractivity contribution in [2.75, 3.05) is 45.9 Å². The van der Waals surface area contributed by atoms with Gasteiger partial charge in [0.05, 0.1) is 19.2 Å². The number of carbonyl (C=O) groups is 1. The predicted molar refractivity (Wildman–Crippen MR) is 108 cm³/mol. The van der Waals surface area contributed by atoms with Crippen molar-refractivity contribution in [3.05, 3.63) is 29.8 Å². The van der Waals surface area contributed by atoms with Gasteiger partial charge in [0, 0.05) is 32.7 Å². The van der Waals surface area contributed by atoms with Crippen LogP contribution in [0.5, 0.6) is 5.75 Å². The lowest BCUT2D eigenvalue weighted by Crippen LogP contribution is -2.55. The smallest absolute Gasteiger partial charge is 0.240 e. The maximum absolute atomic E-state index is 13.0. The Balaban J connectivity index is 1.49. The first kappa shape index (κ1) is 19.7. The van der Waals surface area contributed by atoms with Gasteiger partial charge in [-0.1, -0.05) is 24.5 Å². The molecule has 2 aliphatic rings. The number of amides is 1. The number of likely N-dealkylation sites (tertiary alicyclic amines) is 1. The monoisotopic (exact) mass is 369 g/mol. The van der Waals surface area contributed by atoms with Gasteiger partial charge in [-0.3, -0.25) is 14.6 Å². The molecule has 1 aromatic rings. The quantitative estimate of drug-likeness (QED) is 0.721. The molecule has 0 bridgehead atoms. The lowest BCUT2D eigenvalue weighted by molar-refractivity contribution is -0.139. The van der Waals surface area contributed by atoms with Crippen LogP contribution in [-0.2, 0) is 11.3 Å². The van der Waals surface area contributed by atoms with Gasteiger partial charge in [-0.25, -0.2) is 0 Å². The molecule has 0 radical (unpaired) electrons. The molecule has 27 heavy (non-hydrogen) atoms. The number of benzene rings is 1. The summed E-state index contributed by atoms with van der Waals surface area (Å²) in [4.78, 5) is 19.6. The zero-order valence-corrected chi connectivity index (χ0v) is 16.4. The zero-order valence-electron chi connectivity index (χ0n) is 16.4. The molecule has 0 N–H and O–H groups in total. The number of nitrogens with zero attached hydrogens (tertiary/aromatic N) is 3. The number of rotatable bonds is 6. The highest BCUT2D eigenvalue weighted by atomic mass is 16.5. The number of ether oxygens (including phenoxy) is 1. The Hall–Kier alpha value is -2.03. The average Bonchev–Trinajstić information content (AvgIpc) is 2.70. The Kier molecular flexibility index (Phi) is 7.14. The van der Waals surface area contributed by atoms with E-state index >= 15 is 0 Å². The van der Waals surface area contributed by atoms with Gasteiger partial charge in [0.1, 0.15) is 5.75 Å². The van der Waals surface area contributed by atoms with Gasteiger partial charge < -0.3 is 9.64 Å². The van der Waals surface area contributed by atoms with Crippen molar-refractivity contribution < 1.29 is 9.53 Å². The third-order valence-electron chi connectivity index (χ3n) is 5.52. The molecule has 0 aromatic heterocycles. The van der Waals surface area contributed by atoms with Crippen LogP contribution in [0.2, 0.25) is 0 Å². The van der Waals surface area contributed by atoms with Crippen LogP contribution in [0.3, 0.4) is 0 Å². The van der Waals surface area contributed by atoms with Gasteiger partial charge >= 0.3 is 0 Å². The molecule has 5 heteroatoms. The number of hydrogen-bond donors (Lipinski definition) is 0. The third kappa shape index (κ3) is 5.24. The van der Waals surface area contributed by atoms with Crippen molar-refractivity contribution >= 4 is 5.91 Å². The van der Waals surface area contributed by atoms with Gasteiger partial charge in [0.25, 0.3) is 0 Å². The van der Waals surface area contributed by atoms with Gasteiger partial charge in [0.15, 0.2) is 0 Å². The van der Waals surface area contributed by atoms with E-state index in [1.807, 2.05) is 24.0 Å². The first-order chi connectivity index (χ1) is 13.2. The maximum Gasteiger partial charge on any atom is 0.240 e. The summed E-state index contributed by atoms with van der Waals surface area (Å²) in [5, 5.41) is 0. The summed E-state index contributed by atoms with van der Waals surface area (Å²) in [6.45, 7) is 8.56. The Morgan fingerprint density at radius 2 is 1.89 bits per heavy atom. The molecule has 5 nitrogen and oxygen atoms in total. The van der Waals surface area contributed by atoms with Crippen LogP contribution in [0.1, 0.15) is 31.7 Å². The van der Waals surface area contributed by atoms with Crippen LogP contribution >= 0.6 is 0 Å². The molecule has 3 rings (SSSR count). The largest absolute Gasteiger partial charge is 0.494 e. The van der Waals surface area contributed by atoms with Crippen molar-refractivity contribution in [3.8, 4) is 18.1 Å². The molecule has 0 saturated carbocycles. The SMILES string of the molecule is C#CCN1CCCCC1C(=O)N1CCN(Cc2ccc(OCC)cc2)CC1. The Bertz CT molecular complexity index is 645. The van der Waals surface area contributed by atoms with Gasteiger partial charge in [-0.05, 0) is 44.0 Å². The number of piperazine rings is 1. The number of terminal acetylenes is 1. The second kappa shape index (κ2) is 9.77. The van der Waals surface area contributed by atoms with Gasteiger partial charge in [-0.15, -0.1) is 6.42 Å². The van der Waals surface area contributed by atoms with Gasteiger partial charge in [-0.2, -0.15) is 0 Å². The van der Waals surface area contributed by atoms with Crippen LogP contribution in [0.4, 0.5) is 0 Å². The summed E-state index contributed by atoms with van der Waals surface area (Å²) >= 11 is 0. The summed E-state index contributed by atoms with van der Waals surface area (Å²) < 4.78 is 5.50. The number of hydrogen-bond acceptors (Lipinski definition) is 4. The molecule has 2 saturated heterocycles. The molecule has 1 atom stereocenters. The molecular weight excluding hydrogens is 338 g/mol. The predicted octanol–water partition coefficient (Wildman–Crippen LogP) is 2.22.